The van der Waals surface area contributed by atoms with E-state index in [1.165, 1.54) is 43.1 Å². The third kappa shape index (κ3) is 18.3. The number of benzene rings is 2. The Morgan fingerprint density at radius 1 is 1.07 bits per heavy atom. The number of urea groups is 1. The molecular weight excluding hydrogens is 1230 g/mol. The zero-order valence-corrected chi connectivity index (χ0v) is 54.8. The molecule has 0 radical (unpaired) electrons. The van der Waals surface area contributed by atoms with Crippen LogP contribution in [0.2, 0.25) is 5.02 Å². The van der Waals surface area contributed by atoms with Crippen molar-refractivity contribution < 1.29 is 71.9 Å². The highest BCUT2D eigenvalue weighted by Crippen LogP contribution is 2.49. The molecule has 22 nitrogen and oxygen atoms in total. The second-order valence-corrected chi connectivity index (χ2v) is 25.0. The average Bonchev–Trinajstić information content (AvgIpc) is 1.79. The summed E-state index contributed by atoms with van der Waals surface area (Å²) in [4.78, 5) is 129. The van der Waals surface area contributed by atoms with Crippen LogP contribution in [-0.4, -0.2) is 156 Å². The topological polar surface area (TPSA) is 305 Å². The Balaban J connectivity index is 1.21. The number of alkyl carbamates (subject to hydrolysis) is 1. The molecule has 484 valence electrons. The number of amides is 6. The van der Waals surface area contributed by atoms with Crippen molar-refractivity contribution in [3.05, 3.63) is 106 Å². The largest absolute Gasteiger partial charge is 0.462 e. The number of fused-ring (bicyclic) bond motifs is 6. The number of aliphatic hydroxyl groups is 1. The predicted octanol–water partition coefficient (Wildman–Crippen LogP) is 8.01. The summed E-state index contributed by atoms with van der Waals surface area (Å²) < 4.78 is 29.3. The van der Waals surface area contributed by atoms with Crippen molar-refractivity contribution in [2.24, 2.45) is 23.5 Å². The van der Waals surface area contributed by atoms with Crippen LogP contribution in [-0.2, 0) is 65.3 Å². The number of halogens is 2. The van der Waals surface area contributed by atoms with Crippen molar-refractivity contribution >= 4 is 97.5 Å². The number of aromatic nitrogens is 1. The molecule has 24 heteroatoms. The summed E-state index contributed by atoms with van der Waals surface area (Å²) in [5.74, 6) is -5.15. The first-order chi connectivity index (χ1) is 42.0. The number of Topliss-reactive ketones (excluding diaryl/α,β-unsaturated/α-hetero) is 2. The number of ether oxygens (including phenoxy) is 5. The monoisotopic (exact) mass is 1320 g/mol. The maximum absolute atomic E-state index is 14.7. The van der Waals surface area contributed by atoms with Crippen molar-refractivity contribution in [3.63, 3.8) is 0 Å². The van der Waals surface area contributed by atoms with Gasteiger partial charge in [-0.2, -0.15) is 0 Å². The molecule has 2 fully saturated rings. The number of hydrogen-bond acceptors (Lipinski definition) is 16. The summed E-state index contributed by atoms with van der Waals surface area (Å²) >= 11 is 10.1. The maximum Gasteiger partial charge on any atom is 0.409 e. The zero-order chi connectivity index (χ0) is 65.7. The molecule has 6 rings (SSSR count). The molecule has 2 saturated heterocycles. The van der Waals surface area contributed by atoms with Gasteiger partial charge in [-0.15, -0.1) is 0 Å². The molecule has 89 heavy (non-hydrogen) atoms. The number of likely N-dealkylation sites (N-methyl/N-ethyl adjacent to an activating group) is 1. The van der Waals surface area contributed by atoms with Gasteiger partial charge in [0.05, 0.1) is 47.0 Å². The molecule has 4 heterocycles. The first kappa shape index (κ1) is 71.0. The second-order valence-electron chi connectivity index (χ2n) is 24.0. The summed E-state index contributed by atoms with van der Waals surface area (Å²) in [6, 6.07) is 7.10. The van der Waals surface area contributed by atoms with Crippen LogP contribution in [0.1, 0.15) is 126 Å². The van der Waals surface area contributed by atoms with E-state index < -0.39 is 114 Å². The molecule has 4 bridgehead atoms. The van der Waals surface area contributed by atoms with Crippen molar-refractivity contribution in [1.82, 2.24) is 25.8 Å². The number of allylic oxidation sites excluding steroid dienone is 3. The third-order valence-electron chi connectivity index (χ3n) is 16.9. The highest BCUT2D eigenvalue weighted by Gasteiger charge is 2.64. The van der Waals surface area contributed by atoms with E-state index in [-0.39, 0.29) is 74.5 Å². The number of pyridine rings is 1. The minimum Gasteiger partial charge on any atom is -0.462 e. The number of hydrogen-bond donors (Lipinski definition) is 5. The number of ketones is 2. The zero-order valence-electron chi connectivity index (χ0n) is 52.4. The molecule has 3 aliphatic rings. The van der Waals surface area contributed by atoms with Crippen LogP contribution in [0.25, 0.3) is 10.9 Å². The average molecular weight is 1320 g/mol. The maximum atomic E-state index is 14.7. The fraction of sp³-hybridized carbons (Fsp3) is 0.538. The standard InChI is InChI=1S/C65H85BrClN7O15/c1-36(2)47(32-44(75)19-13-12-14-27-86-60(80)39(5)35-66)58(78)71-48(21-17-26-70-62(68)82)50(76)31-43-23-24-46(56-45(43)20-16-25-69-56)59(79)73(9)41(7)61(81)88-53-33-54(77)74(10)49-30-42(29-38(4)55(49)67)28-37(3)18-15-22-52(85-11)65(84)34-51(87-63(83)72-65)40(6)57-64(53,8)89-57/h15-16,18,20,22-25,29-30,36,40-41,47-48,51-53,57,84H,5,12-14,17,19,21,26-28,31-35H2,1-4,6-11H3,(H,71,78)(H,72,83)(H3,68,70,82)/b22-15+,37-18+/t40-,41+,47+,48+,51+,52-,53+,57+,64+,65+/m1/s1. The predicted molar refractivity (Wildman–Crippen MR) is 338 cm³/mol. The number of epoxide rings is 1. The molecule has 0 saturated carbocycles. The Kier molecular flexibility index (Phi) is 25.2. The number of aryl methyl sites for hydroxylation is 1. The Morgan fingerprint density at radius 2 is 1.80 bits per heavy atom. The lowest BCUT2D eigenvalue weighted by Crippen LogP contribution is -2.63. The number of anilines is 1. The SMILES string of the molecule is C=C(CBr)C(=O)OCCCCCC(=O)C[C@H](C(=O)N[C@@H](CCCNC(N)=O)C(=O)Cc1ccc(C(=O)N(C)[C@@H](C)C(=O)O[C@H]2CC(=O)N(C)c3cc(cc(C)c3Cl)C/C(C)=C/C=C/[C@@H](OC)[C@@]3(O)C[C@H](OC(=O)N3)[C@@H](C)[C@@H]3O[C@@]23C)c2ncccc12)C(C)C. The lowest BCUT2D eigenvalue weighted by Gasteiger charge is -2.42. The van der Waals surface area contributed by atoms with Gasteiger partial charge in [0.2, 0.25) is 11.8 Å². The van der Waals surface area contributed by atoms with E-state index in [0.717, 1.165) is 16.7 Å². The van der Waals surface area contributed by atoms with Crippen LogP contribution in [0.4, 0.5) is 15.3 Å². The summed E-state index contributed by atoms with van der Waals surface area (Å²) in [5.41, 5.74) is 6.05. The van der Waals surface area contributed by atoms with E-state index >= 15 is 0 Å². The lowest BCUT2D eigenvalue weighted by molar-refractivity contribution is -0.158. The minimum atomic E-state index is -1.90. The van der Waals surface area contributed by atoms with Gasteiger partial charge in [-0.3, -0.25) is 34.3 Å². The Hall–Kier alpha value is -7.05. The smallest absolute Gasteiger partial charge is 0.409 e. The number of unbranched alkanes of at least 4 members (excludes halogenated alkanes) is 2. The van der Waals surface area contributed by atoms with Crippen molar-refractivity contribution in [2.75, 3.05) is 44.6 Å². The number of nitrogens with one attached hydrogen (secondary N) is 3. The number of esters is 2. The van der Waals surface area contributed by atoms with Crippen LogP contribution in [0, 0.1) is 24.7 Å². The number of methoxy groups -OCH3 is 1. The molecule has 6 N–H and O–H groups in total. The molecule has 2 aromatic carbocycles. The molecule has 0 unspecified atom stereocenters. The fourth-order valence-electron chi connectivity index (χ4n) is 11.3. The third-order valence-corrected chi connectivity index (χ3v) is 18.1. The first-order valence-corrected chi connectivity index (χ1v) is 31.5. The van der Waals surface area contributed by atoms with Crippen LogP contribution >= 0.6 is 27.5 Å². The van der Waals surface area contributed by atoms with Crippen LogP contribution in [0.5, 0.6) is 0 Å². The Morgan fingerprint density at radius 3 is 2.48 bits per heavy atom. The van der Waals surface area contributed by atoms with Gasteiger partial charge in [0.1, 0.15) is 35.7 Å². The normalized spacial score (nSPS) is 23.9. The Bertz CT molecular complexity index is 3230. The quantitative estimate of drug-likeness (QED) is 0.0134. The summed E-state index contributed by atoms with van der Waals surface area (Å²) in [6.07, 6.45) is 3.79. The molecule has 3 aliphatic heterocycles. The van der Waals surface area contributed by atoms with E-state index in [1.807, 2.05) is 45.9 Å². The highest BCUT2D eigenvalue weighted by molar-refractivity contribution is 9.09. The van der Waals surface area contributed by atoms with Crippen molar-refractivity contribution in [1.29, 1.82) is 0 Å². The van der Waals surface area contributed by atoms with Gasteiger partial charge in [0, 0.05) is 87.8 Å². The summed E-state index contributed by atoms with van der Waals surface area (Å²) in [6.45, 7) is 16.3. The molecule has 0 aliphatic carbocycles. The number of carbonyl (C=O) groups excluding carboxylic acids is 9. The van der Waals surface area contributed by atoms with Gasteiger partial charge in [-0.1, -0.05) is 96.9 Å². The number of nitrogens with two attached hydrogens (primary N) is 1. The number of alkyl halides is 1. The highest BCUT2D eigenvalue weighted by atomic mass is 79.9. The van der Waals surface area contributed by atoms with E-state index in [9.17, 15) is 48.3 Å². The summed E-state index contributed by atoms with van der Waals surface area (Å²) in [5, 5.41) is 21.0. The van der Waals surface area contributed by atoms with Gasteiger partial charge in [-0.25, -0.2) is 19.2 Å². The number of carbonyl (C=O) groups is 9. The summed E-state index contributed by atoms with van der Waals surface area (Å²) in [7, 11) is 4.40. The van der Waals surface area contributed by atoms with E-state index in [2.05, 4.69) is 43.4 Å². The molecule has 1 aromatic heterocycles. The van der Waals surface area contributed by atoms with Crippen molar-refractivity contribution in [2.45, 2.75) is 167 Å². The molecular formula is C65H85BrClN7O15. The number of primary amides is 1. The van der Waals surface area contributed by atoms with E-state index in [0.29, 0.717) is 58.2 Å². The van der Waals surface area contributed by atoms with Gasteiger partial charge >= 0.3 is 24.1 Å². The molecule has 10 atom stereocenters. The second kappa shape index (κ2) is 31.6. The fourth-order valence-corrected chi connectivity index (χ4v) is 11.8. The van der Waals surface area contributed by atoms with Crippen molar-refractivity contribution in [3.8, 4) is 0 Å². The van der Waals surface area contributed by atoms with E-state index in [1.54, 1.807) is 51.2 Å². The van der Waals surface area contributed by atoms with Crippen LogP contribution in [0.15, 0.2) is 78.5 Å². The minimum absolute atomic E-state index is 0.0569. The number of rotatable bonds is 25. The Labute approximate surface area is 533 Å². The van der Waals surface area contributed by atoms with E-state index in [4.69, 9.17) is 41.0 Å². The van der Waals surface area contributed by atoms with Gasteiger partial charge in [0.15, 0.2) is 11.5 Å². The lowest BCUT2D eigenvalue weighted by atomic mass is 9.83. The number of nitrogens with zero attached hydrogens (tertiary/aromatic N) is 3. The van der Waals surface area contributed by atoms with Gasteiger partial charge in [0.25, 0.3) is 5.91 Å². The van der Waals surface area contributed by atoms with Crippen LogP contribution < -0.4 is 26.6 Å². The molecule has 6 amide bonds. The first-order valence-electron chi connectivity index (χ1n) is 30.0. The van der Waals surface area contributed by atoms with Crippen LogP contribution in [0.3, 0.4) is 0 Å². The van der Waals surface area contributed by atoms with Gasteiger partial charge in [-0.05, 0) is 107 Å². The molecule has 0 spiro atoms. The molecule has 3 aromatic rings. The van der Waals surface area contributed by atoms with Gasteiger partial charge < -0.3 is 55.0 Å².